The van der Waals surface area contributed by atoms with E-state index in [1.54, 1.807) is 18.2 Å². The van der Waals surface area contributed by atoms with Crippen molar-refractivity contribution in [1.29, 1.82) is 0 Å². The quantitative estimate of drug-likeness (QED) is 0.772. The average molecular weight is 317 g/mol. The second kappa shape index (κ2) is 6.43. The van der Waals surface area contributed by atoms with E-state index in [0.717, 1.165) is 0 Å². The fraction of sp³-hybridized carbons (Fsp3) is 0.385. The van der Waals surface area contributed by atoms with Crippen molar-refractivity contribution in [1.82, 2.24) is 10.6 Å². The molecule has 3 N–H and O–H groups in total. The minimum atomic E-state index is -1.25. The zero-order valence-corrected chi connectivity index (χ0v) is 12.0. The van der Waals surface area contributed by atoms with Gasteiger partial charge >= 0.3 is 0 Å². The molecule has 20 heavy (non-hydrogen) atoms. The number of hydrogen-bond donors (Lipinski definition) is 3. The van der Waals surface area contributed by atoms with Crippen molar-refractivity contribution in [3.05, 3.63) is 33.8 Å². The topological polar surface area (TPSA) is 78.4 Å². The number of hydrogen-bond acceptors (Lipinski definition) is 3. The molecule has 1 fully saturated rings. The first kappa shape index (κ1) is 15.1. The summed E-state index contributed by atoms with van der Waals surface area (Å²) in [5.74, 6) is -0.806. The van der Waals surface area contributed by atoms with Crippen molar-refractivity contribution in [2.45, 2.75) is 25.0 Å². The highest BCUT2D eigenvalue weighted by Crippen LogP contribution is 2.20. The van der Waals surface area contributed by atoms with Crippen molar-refractivity contribution in [2.24, 2.45) is 0 Å². The molecule has 1 aliphatic rings. The molecule has 2 rings (SSSR count). The largest absolute Gasteiger partial charge is 0.383 e. The molecule has 0 bridgehead atoms. The molecule has 0 spiro atoms. The van der Waals surface area contributed by atoms with Gasteiger partial charge in [-0.05, 0) is 30.2 Å². The van der Waals surface area contributed by atoms with Crippen LogP contribution in [0.2, 0.25) is 10.0 Å². The summed E-state index contributed by atoms with van der Waals surface area (Å²) in [6, 6.07) is 4.26. The molecule has 108 valence electrons. The summed E-state index contributed by atoms with van der Waals surface area (Å²) in [6.45, 7) is 0.532. The second-order valence-electron chi connectivity index (χ2n) is 4.64. The lowest BCUT2D eigenvalue weighted by molar-refractivity contribution is -0.132. The van der Waals surface area contributed by atoms with Crippen LogP contribution < -0.4 is 10.6 Å². The predicted octanol–water partition coefficient (Wildman–Crippen LogP) is 0.902. The van der Waals surface area contributed by atoms with Gasteiger partial charge in [-0.3, -0.25) is 9.59 Å². The molecule has 1 saturated heterocycles. The molecular formula is C13H14Cl2N2O3. The van der Waals surface area contributed by atoms with Gasteiger partial charge in [0.25, 0.3) is 0 Å². The molecule has 1 unspecified atom stereocenters. The van der Waals surface area contributed by atoms with Crippen LogP contribution in [0.15, 0.2) is 18.2 Å². The van der Waals surface area contributed by atoms with E-state index in [0.29, 0.717) is 28.6 Å². The number of rotatable bonds is 4. The lowest BCUT2D eigenvalue weighted by Crippen LogP contribution is -2.45. The Labute approximate surface area is 126 Å². The normalized spacial score (nSPS) is 19.6. The molecule has 5 nitrogen and oxygen atoms in total. The van der Waals surface area contributed by atoms with Crippen molar-refractivity contribution in [3.8, 4) is 0 Å². The Bertz CT molecular complexity index is 516. The van der Waals surface area contributed by atoms with E-state index in [9.17, 15) is 14.7 Å². The number of aliphatic hydroxyl groups is 1. The van der Waals surface area contributed by atoms with E-state index in [4.69, 9.17) is 23.2 Å². The number of amides is 2. The van der Waals surface area contributed by atoms with Gasteiger partial charge in [-0.15, -0.1) is 0 Å². The standard InChI is InChI=1S/C13H14Cl2N2O3/c14-8-3-7(4-9(15)6-8)5-11(18)13(20)17-10-1-2-16-12(10)19/h3-4,6,10-11,18H,1-2,5H2,(H,16,19)(H,17,20)/t10-,11?/m0/s1. The summed E-state index contributed by atoms with van der Waals surface area (Å²) in [5, 5.41) is 15.9. The van der Waals surface area contributed by atoms with E-state index >= 15 is 0 Å². The number of aliphatic hydroxyl groups excluding tert-OH is 1. The third-order valence-corrected chi connectivity index (χ3v) is 3.46. The molecule has 1 aromatic rings. The molecule has 0 aromatic heterocycles. The third kappa shape index (κ3) is 3.85. The number of carbonyl (C=O) groups excluding carboxylic acids is 2. The van der Waals surface area contributed by atoms with Crippen LogP contribution in [0.3, 0.4) is 0 Å². The molecule has 1 aromatic carbocycles. The van der Waals surface area contributed by atoms with Crippen LogP contribution in [-0.2, 0) is 16.0 Å². The van der Waals surface area contributed by atoms with Crippen molar-refractivity contribution in [3.63, 3.8) is 0 Å². The molecule has 2 atom stereocenters. The fourth-order valence-corrected chi connectivity index (χ4v) is 2.62. The third-order valence-electron chi connectivity index (χ3n) is 3.02. The summed E-state index contributed by atoms with van der Waals surface area (Å²) in [5.41, 5.74) is 0.654. The number of halogens is 2. The highest BCUT2D eigenvalue weighted by Gasteiger charge is 2.28. The maximum atomic E-state index is 11.8. The van der Waals surface area contributed by atoms with Crippen molar-refractivity contribution in [2.75, 3.05) is 6.54 Å². The highest BCUT2D eigenvalue weighted by atomic mass is 35.5. The van der Waals surface area contributed by atoms with Gasteiger partial charge < -0.3 is 15.7 Å². The second-order valence-corrected chi connectivity index (χ2v) is 5.51. The molecule has 2 amide bonds. The van der Waals surface area contributed by atoms with Crippen LogP contribution in [0, 0.1) is 0 Å². The Balaban J connectivity index is 1.95. The van der Waals surface area contributed by atoms with E-state index in [-0.39, 0.29) is 12.3 Å². The Morgan fingerprint density at radius 2 is 2.05 bits per heavy atom. The zero-order chi connectivity index (χ0) is 14.7. The number of benzene rings is 1. The summed E-state index contributed by atoms with van der Waals surface area (Å²) < 4.78 is 0. The van der Waals surface area contributed by atoms with Crippen LogP contribution in [0.4, 0.5) is 0 Å². The molecule has 0 radical (unpaired) electrons. The Morgan fingerprint density at radius 3 is 2.60 bits per heavy atom. The van der Waals surface area contributed by atoms with Gasteiger partial charge in [-0.2, -0.15) is 0 Å². The van der Waals surface area contributed by atoms with Gasteiger partial charge in [-0.1, -0.05) is 23.2 Å². The first-order chi connectivity index (χ1) is 9.45. The Morgan fingerprint density at radius 1 is 1.40 bits per heavy atom. The summed E-state index contributed by atoms with van der Waals surface area (Å²) in [6.07, 6.45) is -0.640. The molecule has 1 aliphatic heterocycles. The van der Waals surface area contributed by atoms with Crippen LogP contribution in [0.5, 0.6) is 0 Å². The minimum absolute atomic E-state index is 0.0838. The molecule has 0 saturated carbocycles. The minimum Gasteiger partial charge on any atom is -0.383 e. The summed E-state index contributed by atoms with van der Waals surface area (Å²) in [7, 11) is 0. The van der Waals surface area contributed by atoms with Gasteiger partial charge in [0.1, 0.15) is 12.1 Å². The number of nitrogens with one attached hydrogen (secondary N) is 2. The van der Waals surface area contributed by atoms with Crippen LogP contribution in [-0.4, -0.2) is 35.6 Å². The first-order valence-corrected chi connectivity index (χ1v) is 6.92. The maximum absolute atomic E-state index is 11.8. The fourth-order valence-electron chi connectivity index (χ4n) is 2.04. The maximum Gasteiger partial charge on any atom is 0.249 e. The van der Waals surface area contributed by atoms with Gasteiger partial charge in [-0.25, -0.2) is 0 Å². The first-order valence-electron chi connectivity index (χ1n) is 6.17. The highest BCUT2D eigenvalue weighted by molar-refractivity contribution is 6.34. The Kier molecular flexibility index (Phi) is 4.86. The van der Waals surface area contributed by atoms with E-state index < -0.39 is 18.1 Å². The Hall–Kier alpha value is -1.30. The summed E-state index contributed by atoms with van der Waals surface area (Å²) in [4.78, 5) is 23.1. The molecular weight excluding hydrogens is 303 g/mol. The lowest BCUT2D eigenvalue weighted by atomic mass is 10.1. The van der Waals surface area contributed by atoms with Crippen LogP contribution >= 0.6 is 23.2 Å². The molecule has 7 heteroatoms. The smallest absolute Gasteiger partial charge is 0.249 e. The van der Waals surface area contributed by atoms with Gasteiger partial charge in [0.05, 0.1) is 0 Å². The molecule has 0 aliphatic carbocycles. The van der Waals surface area contributed by atoms with Crippen LogP contribution in [0.25, 0.3) is 0 Å². The number of carbonyl (C=O) groups is 2. The van der Waals surface area contributed by atoms with Crippen LogP contribution in [0.1, 0.15) is 12.0 Å². The average Bonchev–Trinajstić information content (AvgIpc) is 2.73. The van der Waals surface area contributed by atoms with Gasteiger partial charge in [0.15, 0.2) is 0 Å². The lowest BCUT2D eigenvalue weighted by Gasteiger charge is -2.14. The summed E-state index contributed by atoms with van der Waals surface area (Å²) >= 11 is 11.7. The van der Waals surface area contributed by atoms with E-state index in [1.807, 2.05) is 0 Å². The van der Waals surface area contributed by atoms with E-state index in [1.165, 1.54) is 0 Å². The predicted molar refractivity (Wildman–Crippen MR) is 75.7 cm³/mol. The monoisotopic (exact) mass is 316 g/mol. The molecule has 1 heterocycles. The van der Waals surface area contributed by atoms with Gasteiger partial charge in [0.2, 0.25) is 11.8 Å². The zero-order valence-electron chi connectivity index (χ0n) is 10.5. The van der Waals surface area contributed by atoms with E-state index in [2.05, 4.69) is 10.6 Å². The van der Waals surface area contributed by atoms with Crippen molar-refractivity contribution < 1.29 is 14.7 Å². The van der Waals surface area contributed by atoms with Gasteiger partial charge in [0, 0.05) is 23.0 Å². The van der Waals surface area contributed by atoms with Crippen molar-refractivity contribution >= 4 is 35.0 Å². The SMILES string of the molecule is O=C(N[C@H]1CCNC1=O)C(O)Cc1cc(Cl)cc(Cl)c1.